The van der Waals surface area contributed by atoms with E-state index >= 15 is 0 Å². The molecule has 0 bridgehead atoms. The molecule has 1 N–H and O–H groups in total. The van der Waals surface area contributed by atoms with Crippen LogP contribution in [0, 0.1) is 0 Å². The Labute approximate surface area is 185 Å². The monoisotopic (exact) mass is 442 g/mol. The van der Waals surface area contributed by atoms with Crippen molar-refractivity contribution in [2.24, 2.45) is 5.10 Å². The third kappa shape index (κ3) is 6.51. The van der Waals surface area contributed by atoms with E-state index in [9.17, 15) is 4.79 Å². The summed E-state index contributed by atoms with van der Waals surface area (Å²) < 4.78 is 11.2. The van der Waals surface area contributed by atoms with Crippen molar-refractivity contribution in [2.45, 2.75) is 13.5 Å². The van der Waals surface area contributed by atoms with Gasteiger partial charge in [-0.1, -0.05) is 59.6 Å². The fraction of sp³-hybridized carbons (Fsp3) is 0.130. The molecule has 0 aliphatic rings. The molecule has 0 spiro atoms. The van der Waals surface area contributed by atoms with Gasteiger partial charge in [-0.3, -0.25) is 4.79 Å². The maximum absolute atomic E-state index is 12.0. The summed E-state index contributed by atoms with van der Waals surface area (Å²) in [5.74, 6) is 0.902. The molecule has 0 saturated carbocycles. The molecule has 0 aliphatic carbocycles. The van der Waals surface area contributed by atoms with E-state index in [2.05, 4.69) is 10.5 Å². The van der Waals surface area contributed by atoms with Crippen molar-refractivity contribution in [3.63, 3.8) is 0 Å². The third-order valence-electron chi connectivity index (χ3n) is 4.13. The quantitative estimate of drug-likeness (QED) is 0.370. The molecule has 30 heavy (non-hydrogen) atoms. The number of benzene rings is 3. The van der Waals surface area contributed by atoms with E-state index in [4.69, 9.17) is 32.7 Å². The molecular formula is C23H20Cl2N2O3. The Morgan fingerprint density at radius 1 is 0.900 bits per heavy atom. The second-order valence-corrected chi connectivity index (χ2v) is 7.21. The van der Waals surface area contributed by atoms with Crippen LogP contribution in [0.15, 0.2) is 77.9 Å². The second kappa shape index (κ2) is 10.7. The lowest BCUT2D eigenvalue weighted by atomic mass is 10.1. The van der Waals surface area contributed by atoms with Gasteiger partial charge < -0.3 is 9.47 Å². The molecule has 3 aromatic carbocycles. The predicted octanol–water partition coefficient (Wildman–Crippen LogP) is 5.49. The van der Waals surface area contributed by atoms with Crippen LogP contribution < -0.4 is 14.9 Å². The molecule has 3 aromatic rings. The van der Waals surface area contributed by atoms with Crippen LogP contribution in [-0.2, 0) is 11.4 Å². The van der Waals surface area contributed by atoms with Crippen molar-refractivity contribution in [2.75, 3.05) is 6.61 Å². The van der Waals surface area contributed by atoms with Gasteiger partial charge in [0, 0.05) is 0 Å². The zero-order valence-electron chi connectivity index (χ0n) is 16.3. The number of nitrogens with one attached hydrogen (secondary N) is 1. The molecule has 0 aliphatic heterocycles. The van der Waals surface area contributed by atoms with E-state index in [0.717, 1.165) is 16.9 Å². The van der Waals surface area contributed by atoms with Crippen LogP contribution in [-0.4, -0.2) is 18.2 Å². The molecule has 1 amide bonds. The highest BCUT2D eigenvalue weighted by Gasteiger charge is 2.05. The first-order valence-corrected chi connectivity index (χ1v) is 9.95. The molecule has 7 heteroatoms. The Balaban J connectivity index is 1.45. The summed E-state index contributed by atoms with van der Waals surface area (Å²) in [6.45, 7) is 2.08. The highest BCUT2D eigenvalue weighted by molar-refractivity contribution is 6.42. The summed E-state index contributed by atoms with van der Waals surface area (Å²) >= 11 is 11.9. The van der Waals surface area contributed by atoms with Crippen molar-refractivity contribution < 1.29 is 14.3 Å². The van der Waals surface area contributed by atoms with E-state index in [1.54, 1.807) is 49.4 Å². The first-order chi connectivity index (χ1) is 14.5. The number of amides is 1. The predicted molar refractivity (Wildman–Crippen MR) is 120 cm³/mol. The van der Waals surface area contributed by atoms with Gasteiger partial charge in [0.25, 0.3) is 5.91 Å². The number of carbonyl (C=O) groups excluding carboxylic acids is 1. The minimum atomic E-state index is -0.376. The number of hydrogen-bond acceptors (Lipinski definition) is 4. The Kier molecular flexibility index (Phi) is 7.71. The minimum Gasteiger partial charge on any atom is -0.489 e. The molecule has 0 saturated heterocycles. The zero-order valence-corrected chi connectivity index (χ0v) is 17.8. The maximum Gasteiger partial charge on any atom is 0.277 e. The summed E-state index contributed by atoms with van der Waals surface area (Å²) in [7, 11) is 0. The molecular weight excluding hydrogens is 423 g/mol. The van der Waals surface area contributed by atoms with Gasteiger partial charge in [0.15, 0.2) is 6.61 Å². The summed E-state index contributed by atoms with van der Waals surface area (Å²) in [5, 5.41) is 4.95. The van der Waals surface area contributed by atoms with Gasteiger partial charge in [-0.25, -0.2) is 5.43 Å². The molecule has 0 atom stereocenters. The number of ether oxygens (including phenoxy) is 2. The Bertz CT molecular complexity index is 1020. The van der Waals surface area contributed by atoms with Crippen LogP contribution in [0.25, 0.3) is 0 Å². The van der Waals surface area contributed by atoms with Crippen molar-refractivity contribution in [3.05, 3.63) is 94.0 Å². The highest BCUT2D eigenvalue weighted by atomic mass is 35.5. The molecule has 154 valence electrons. The molecule has 0 unspecified atom stereocenters. The van der Waals surface area contributed by atoms with Gasteiger partial charge >= 0.3 is 0 Å². The lowest BCUT2D eigenvalue weighted by molar-refractivity contribution is -0.123. The fourth-order valence-corrected chi connectivity index (χ4v) is 2.78. The van der Waals surface area contributed by atoms with Crippen LogP contribution in [0.3, 0.4) is 0 Å². The summed E-state index contributed by atoms with van der Waals surface area (Å²) in [4.78, 5) is 12.0. The number of carbonyl (C=O) groups is 1. The van der Waals surface area contributed by atoms with Gasteiger partial charge in [0.1, 0.15) is 18.1 Å². The third-order valence-corrected chi connectivity index (χ3v) is 4.87. The number of nitrogens with zero attached hydrogens (tertiary/aromatic N) is 1. The lowest BCUT2D eigenvalue weighted by Gasteiger charge is -2.09. The van der Waals surface area contributed by atoms with E-state index in [0.29, 0.717) is 28.1 Å². The average Bonchev–Trinajstić information content (AvgIpc) is 2.78. The molecule has 5 nitrogen and oxygen atoms in total. The van der Waals surface area contributed by atoms with Crippen molar-refractivity contribution >= 4 is 34.8 Å². The molecule has 0 aromatic heterocycles. The molecule has 0 radical (unpaired) electrons. The minimum absolute atomic E-state index is 0.164. The van der Waals surface area contributed by atoms with Crippen molar-refractivity contribution in [1.82, 2.24) is 5.43 Å². The van der Waals surface area contributed by atoms with Gasteiger partial charge in [0.2, 0.25) is 0 Å². The molecule has 3 rings (SSSR count). The Hall–Kier alpha value is -3.02. The number of hydrogen-bond donors (Lipinski definition) is 1. The second-order valence-electron chi connectivity index (χ2n) is 6.40. The molecule has 0 fully saturated rings. The van der Waals surface area contributed by atoms with Gasteiger partial charge in [-0.15, -0.1) is 0 Å². The normalized spacial score (nSPS) is 11.1. The zero-order chi connectivity index (χ0) is 21.3. The van der Waals surface area contributed by atoms with Crippen molar-refractivity contribution in [1.29, 1.82) is 0 Å². The lowest BCUT2D eigenvalue weighted by Crippen LogP contribution is -2.25. The van der Waals surface area contributed by atoms with Crippen LogP contribution in [0.5, 0.6) is 11.5 Å². The van der Waals surface area contributed by atoms with Crippen LogP contribution in [0.4, 0.5) is 0 Å². The Morgan fingerprint density at radius 2 is 1.57 bits per heavy atom. The summed E-state index contributed by atoms with van der Waals surface area (Å²) in [5.41, 5.74) is 4.91. The van der Waals surface area contributed by atoms with Gasteiger partial charge in [-0.2, -0.15) is 5.10 Å². The van der Waals surface area contributed by atoms with Crippen LogP contribution in [0.2, 0.25) is 10.0 Å². The maximum atomic E-state index is 12.0. The number of halogens is 2. The van der Waals surface area contributed by atoms with Crippen molar-refractivity contribution in [3.8, 4) is 11.5 Å². The number of hydrazone groups is 1. The number of rotatable bonds is 8. The standard InChI is InChI=1S/C23H20Cl2N2O3/c1-16(18-7-12-21(24)22(25)13-18)26-27-23(28)15-30-20-10-8-19(9-11-20)29-14-17-5-3-2-4-6-17/h2-13H,14-15H2,1H3,(H,27,28). The summed E-state index contributed by atoms with van der Waals surface area (Å²) in [6, 6.07) is 22.1. The average molecular weight is 443 g/mol. The SMILES string of the molecule is CC(=NNC(=O)COc1ccc(OCc2ccccc2)cc1)c1ccc(Cl)c(Cl)c1. The van der Waals surface area contributed by atoms with E-state index in [1.807, 2.05) is 30.3 Å². The molecule has 0 heterocycles. The summed E-state index contributed by atoms with van der Waals surface area (Å²) in [6.07, 6.45) is 0. The highest BCUT2D eigenvalue weighted by Crippen LogP contribution is 2.23. The smallest absolute Gasteiger partial charge is 0.277 e. The largest absolute Gasteiger partial charge is 0.489 e. The van der Waals surface area contributed by atoms with E-state index in [1.165, 1.54) is 0 Å². The van der Waals surface area contributed by atoms with E-state index < -0.39 is 0 Å². The Morgan fingerprint density at radius 3 is 2.23 bits per heavy atom. The van der Waals surface area contributed by atoms with E-state index in [-0.39, 0.29) is 12.5 Å². The van der Waals surface area contributed by atoms with Gasteiger partial charge in [0.05, 0.1) is 15.8 Å². The van der Waals surface area contributed by atoms with Crippen LogP contribution >= 0.6 is 23.2 Å². The van der Waals surface area contributed by atoms with Crippen LogP contribution in [0.1, 0.15) is 18.1 Å². The fourth-order valence-electron chi connectivity index (χ4n) is 2.49. The first kappa shape index (κ1) is 21.7. The van der Waals surface area contributed by atoms with Gasteiger partial charge in [-0.05, 0) is 54.4 Å². The topological polar surface area (TPSA) is 59.9 Å². The first-order valence-electron chi connectivity index (χ1n) is 9.19.